The Balaban J connectivity index is 1.69. The summed E-state index contributed by atoms with van der Waals surface area (Å²) in [4.78, 5) is 30.7. The van der Waals surface area contributed by atoms with E-state index in [0.29, 0.717) is 10.5 Å². The van der Waals surface area contributed by atoms with Crippen molar-refractivity contribution in [1.82, 2.24) is 9.88 Å². The molecule has 5 nitrogen and oxygen atoms in total. The largest absolute Gasteiger partial charge is 0.479 e. The molecule has 1 aliphatic rings. The van der Waals surface area contributed by atoms with E-state index in [4.69, 9.17) is 12.2 Å². The van der Waals surface area contributed by atoms with Gasteiger partial charge in [-0.1, -0.05) is 66.4 Å². The number of thioether (sulfide) groups is 1. The van der Waals surface area contributed by atoms with Gasteiger partial charge in [-0.15, -0.1) is 0 Å². The second-order valence-corrected chi connectivity index (χ2v) is 7.83. The van der Waals surface area contributed by atoms with Crippen LogP contribution >= 0.6 is 24.0 Å². The van der Waals surface area contributed by atoms with Gasteiger partial charge in [0.05, 0.1) is 10.4 Å². The predicted molar refractivity (Wildman–Crippen MR) is 114 cm³/mol. The lowest BCUT2D eigenvalue weighted by Crippen LogP contribution is -2.37. The van der Waals surface area contributed by atoms with E-state index in [-0.39, 0.29) is 4.32 Å². The Morgan fingerprint density at radius 3 is 2.68 bits per heavy atom. The number of benzene rings is 2. The number of hydrogen-bond acceptors (Lipinski definition) is 5. The van der Waals surface area contributed by atoms with Crippen LogP contribution in [0, 0.1) is 0 Å². The lowest BCUT2D eigenvalue weighted by molar-refractivity contribution is -0.145. The van der Waals surface area contributed by atoms with E-state index < -0.39 is 17.9 Å². The number of carboxylic acid groups (broad SMARTS) is 1. The van der Waals surface area contributed by atoms with Crippen molar-refractivity contribution in [2.24, 2.45) is 0 Å². The molecular formula is C21H14N2O3S2. The molecule has 0 spiro atoms. The first-order valence-electron chi connectivity index (χ1n) is 8.44. The summed E-state index contributed by atoms with van der Waals surface area (Å²) in [7, 11) is 0. The fraction of sp³-hybridized carbons (Fsp3) is 0.0476. The summed E-state index contributed by atoms with van der Waals surface area (Å²) < 4.78 is 0.231. The molecule has 1 amide bonds. The number of nitrogens with zero attached hydrogens (tertiary/aromatic N) is 2. The molecule has 2 aromatic carbocycles. The summed E-state index contributed by atoms with van der Waals surface area (Å²) in [5, 5.41) is 10.7. The maximum absolute atomic E-state index is 13.0. The quantitative estimate of drug-likeness (QED) is 0.516. The minimum absolute atomic E-state index is 0.231. The van der Waals surface area contributed by atoms with Gasteiger partial charge in [-0.05, 0) is 35.4 Å². The number of rotatable bonds is 4. The Kier molecular flexibility index (Phi) is 4.93. The van der Waals surface area contributed by atoms with Crippen molar-refractivity contribution in [3.8, 4) is 0 Å². The van der Waals surface area contributed by atoms with Crippen molar-refractivity contribution in [3.05, 3.63) is 82.9 Å². The number of fused-ring (bicyclic) bond motifs is 1. The van der Waals surface area contributed by atoms with Gasteiger partial charge in [-0.25, -0.2) is 4.79 Å². The van der Waals surface area contributed by atoms with Crippen molar-refractivity contribution < 1.29 is 14.7 Å². The van der Waals surface area contributed by atoms with Crippen molar-refractivity contribution in [2.75, 3.05) is 0 Å². The molecule has 138 valence electrons. The molecule has 4 rings (SSSR count). The van der Waals surface area contributed by atoms with E-state index in [1.165, 1.54) is 4.90 Å². The molecule has 0 unspecified atom stereocenters. The van der Waals surface area contributed by atoms with Gasteiger partial charge in [0.25, 0.3) is 5.91 Å². The molecule has 0 bridgehead atoms. The van der Waals surface area contributed by atoms with Crippen molar-refractivity contribution in [1.29, 1.82) is 0 Å². The zero-order chi connectivity index (χ0) is 19.7. The van der Waals surface area contributed by atoms with Crippen LogP contribution in [0.4, 0.5) is 0 Å². The van der Waals surface area contributed by atoms with Crippen molar-refractivity contribution in [3.63, 3.8) is 0 Å². The number of amides is 1. The third-order valence-electron chi connectivity index (χ3n) is 4.36. The van der Waals surface area contributed by atoms with Gasteiger partial charge in [0.2, 0.25) is 0 Å². The lowest BCUT2D eigenvalue weighted by atomic mass is 10.1. The number of thiocarbonyl (C=S) groups is 1. The highest BCUT2D eigenvalue weighted by Gasteiger charge is 2.41. The number of aliphatic carboxylic acids is 1. The third-order valence-corrected chi connectivity index (χ3v) is 5.69. The molecule has 0 aliphatic carbocycles. The monoisotopic (exact) mass is 406 g/mol. The van der Waals surface area contributed by atoms with Crippen LogP contribution in [0.3, 0.4) is 0 Å². The van der Waals surface area contributed by atoms with Gasteiger partial charge >= 0.3 is 5.97 Å². The molecule has 1 N–H and O–H groups in total. The normalized spacial score (nSPS) is 16.7. The van der Waals surface area contributed by atoms with Crippen LogP contribution in [0.2, 0.25) is 0 Å². The zero-order valence-electron chi connectivity index (χ0n) is 14.5. The first kappa shape index (κ1) is 18.3. The number of pyridine rings is 1. The number of carboxylic acids is 1. The Bertz CT molecular complexity index is 1130. The van der Waals surface area contributed by atoms with Gasteiger partial charge in [-0.2, -0.15) is 0 Å². The summed E-state index contributed by atoms with van der Waals surface area (Å²) in [6.07, 6.45) is 3.46. The molecule has 1 aliphatic heterocycles. The molecule has 28 heavy (non-hydrogen) atoms. The van der Waals surface area contributed by atoms with Crippen LogP contribution in [-0.4, -0.2) is 31.2 Å². The molecule has 7 heteroatoms. The smallest absolute Gasteiger partial charge is 0.331 e. The van der Waals surface area contributed by atoms with Crippen LogP contribution < -0.4 is 0 Å². The lowest BCUT2D eigenvalue weighted by Gasteiger charge is -2.23. The number of carbonyl (C=O) groups excluding carboxylic acids is 1. The Morgan fingerprint density at radius 2 is 1.93 bits per heavy atom. The third kappa shape index (κ3) is 3.42. The van der Waals surface area contributed by atoms with Crippen LogP contribution in [0.5, 0.6) is 0 Å². The predicted octanol–water partition coefficient (Wildman–Crippen LogP) is 4.26. The first-order chi connectivity index (χ1) is 13.5. The molecule has 1 aromatic heterocycles. The van der Waals surface area contributed by atoms with E-state index in [1.807, 2.05) is 30.3 Å². The summed E-state index contributed by atoms with van der Waals surface area (Å²) in [5.74, 6) is -1.53. The average Bonchev–Trinajstić information content (AvgIpc) is 2.96. The fourth-order valence-electron chi connectivity index (χ4n) is 3.08. The maximum Gasteiger partial charge on any atom is 0.331 e. The van der Waals surface area contributed by atoms with E-state index in [9.17, 15) is 14.7 Å². The number of hydrogen-bond donors (Lipinski definition) is 1. The molecule has 0 radical (unpaired) electrons. The Hall–Kier alpha value is -3.03. The van der Waals surface area contributed by atoms with E-state index in [1.54, 1.807) is 42.6 Å². The van der Waals surface area contributed by atoms with Crippen LogP contribution in [0.15, 0.2) is 71.8 Å². The number of aromatic nitrogens is 1. The molecule has 2 heterocycles. The molecule has 1 atom stereocenters. The second kappa shape index (κ2) is 7.53. The maximum atomic E-state index is 13.0. The second-order valence-electron chi connectivity index (χ2n) is 6.16. The molecule has 1 fully saturated rings. The van der Waals surface area contributed by atoms with E-state index in [0.717, 1.165) is 28.2 Å². The topological polar surface area (TPSA) is 70.5 Å². The highest BCUT2D eigenvalue weighted by Crippen LogP contribution is 2.38. The molecule has 1 saturated heterocycles. The zero-order valence-corrected chi connectivity index (χ0v) is 16.1. The summed E-state index contributed by atoms with van der Waals surface area (Å²) in [6, 6.07) is 16.9. The average molecular weight is 406 g/mol. The molecule has 3 aromatic rings. The summed E-state index contributed by atoms with van der Waals surface area (Å²) >= 11 is 6.45. The molecule has 0 saturated carbocycles. The Labute approximate surface area is 170 Å². The van der Waals surface area contributed by atoms with Crippen LogP contribution in [0.25, 0.3) is 17.0 Å². The SMILES string of the molecule is O=C(O)[C@H](c1ccccc1)N1C(=O)/C(=C\c2ccc3ncccc3c2)SC1=S. The minimum Gasteiger partial charge on any atom is -0.479 e. The van der Waals surface area contributed by atoms with Crippen molar-refractivity contribution >= 4 is 57.2 Å². The molecular weight excluding hydrogens is 392 g/mol. The highest BCUT2D eigenvalue weighted by molar-refractivity contribution is 8.26. The van der Waals surface area contributed by atoms with E-state index in [2.05, 4.69) is 4.98 Å². The van der Waals surface area contributed by atoms with Gasteiger partial charge < -0.3 is 5.11 Å². The standard InChI is InChI=1S/C21H14N2O3S2/c24-19-17(12-13-8-9-16-15(11-13)7-4-10-22-16)28-21(27)23(19)18(20(25)26)14-5-2-1-3-6-14/h1-12,18H,(H,25,26)/b17-12+/t18-/m0/s1. The van der Waals surface area contributed by atoms with Crippen LogP contribution in [-0.2, 0) is 9.59 Å². The van der Waals surface area contributed by atoms with E-state index >= 15 is 0 Å². The number of carbonyl (C=O) groups is 2. The first-order valence-corrected chi connectivity index (χ1v) is 9.66. The fourth-order valence-corrected chi connectivity index (χ4v) is 4.39. The minimum atomic E-state index is -1.15. The van der Waals surface area contributed by atoms with Gasteiger partial charge in [0.15, 0.2) is 6.04 Å². The highest BCUT2D eigenvalue weighted by atomic mass is 32.2. The summed E-state index contributed by atoms with van der Waals surface area (Å²) in [6.45, 7) is 0. The Morgan fingerprint density at radius 1 is 1.14 bits per heavy atom. The van der Waals surface area contributed by atoms with Gasteiger partial charge in [0, 0.05) is 11.6 Å². The van der Waals surface area contributed by atoms with Gasteiger partial charge in [0.1, 0.15) is 4.32 Å². The van der Waals surface area contributed by atoms with Crippen molar-refractivity contribution in [2.45, 2.75) is 6.04 Å². The summed E-state index contributed by atoms with van der Waals surface area (Å²) in [5.41, 5.74) is 2.19. The van der Waals surface area contributed by atoms with Crippen LogP contribution in [0.1, 0.15) is 17.2 Å². The van der Waals surface area contributed by atoms with Gasteiger partial charge in [-0.3, -0.25) is 14.7 Å².